The second-order valence-corrected chi connectivity index (χ2v) is 5.53. The number of hydrogen-bond acceptors (Lipinski definition) is 3. The molecule has 2 aliphatic heterocycles. The van der Waals surface area contributed by atoms with Crippen molar-refractivity contribution in [3.05, 3.63) is 0 Å². The first-order valence-electron chi connectivity index (χ1n) is 6.81. The largest absolute Gasteiger partial charge is 0.379 e. The first-order chi connectivity index (χ1) is 7.75. The van der Waals surface area contributed by atoms with E-state index in [0.29, 0.717) is 6.04 Å². The van der Waals surface area contributed by atoms with Gasteiger partial charge in [0.05, 0.1) is 13.2 Å². The molecule has 0 aromatic rings. The number of nitrogens with one attached hydrogen (secondary N) is 1. The maximum absolute atomic E-state index is 5.48. The Kier molecular flexibility index (Phi) is 4.62. The van der Waals surface area contributed by atoms with Crippen LogP contribution >= 0.6 is 0 Å². The molecule has 0 aliphatic carbocycles. The van der Waals surface area contributed by atoms with E-state index in [1.165, 1.54) is 32.4 Å². The zero-order valence-corrected chi connectivity index (χ0v) is 10.7. The second-order valence-electron chi connectivity index (χ2n) is 5.53. The molecule has 0 spiro atoms. The second kappa shape index (κ2) is 5.99. The average molecular weight is 226 g/mol. The number of ether oxygens (including phenoxy) is 1. The molecular weight excluding hydrogens is 200 g/mol. The van der Waals surface area contributed by atoms with E-state index < -0.39 is 0 Å². The van der Waals surface area contributed by atoms with Gasteiger partial charge >= 0.3 is 0 Å². The molecule has 16 heavy (non-hydrogen) atoms. The van der Waals surface area contributed by atoms with Gasteiger partial charge in [-0.15, -0.1) is 0 Å². The molecule has 0 saturated carbocycles. The quantitative estimate of drug-likeness (QED) is 0.789. The maximum atomic E-state index is 5.48. The minimum atomic E-state index is 0.584. The van der Waals surface area contributed by atoms with E-state index in [4.69, 9.17) is 4.74 Å². The van der Waals surface area contributed by atoms with Crippen molar-refractivity contribution >= 4 is 0 Å². The first kappa shape index (κ1) is 12.3. The third-order valence-electron chi connectivity index (χ3n) is 4.04. The van der Waals surface area contributed by atoms with E-state index in [-0.39, 0.29) is 0 Å². The molecule has 2 aliphatic rings. The molecule has 2 rings (SSSR count). The van der Waals surface area contributed by atoms with Gasteiger partial charge in [0, 0.05) is 18.6 Å². The summed E-state index contributed by atoms with van der Waals surface area (Å²) in [4.78, 5) is 2.65. The van der Waals surface area contributed by atoms with Crippen LogP contribution in [0.1, 0.15) is 33.1 Å². The monoisotopic (exact) mass is 226 g/mol. The van der Waals surface area contributed by atoms with Crippen LogP contribution in [0.5, 0.6) is 0 Å². The first-order valence-corrected chi connectivity index (χ1v) is 6.81. The lowest BCUT2D eigenvalue weighted by Crippen LogP contribution is -2.46. The molecule has 0 aromatic heterocycles. The van der Waals surface area contributed by atoms with Crippen LogP contribution in [-0.4, -0.2) is 49.8 Å². The van der Waals surface area contributed by atoms with E-state index >= 15 is 0 Å². The van der Waals surface area contributed by atoms with E-state index in [1.54, 1.807) is 0 Å². The van der Waals surface area contributed by atoms with Crippen LogP contribution in [0.25, 0.3) is 0 Å². The predicted molar refractivity (Wildman–Crippen MR) is 66.7 cm³/mol. The van der Waals surface area contributed by atoms with Gasteiger partial charge in [-0.05, 0) is 45.2 Å². The van der Waals surface area contributed by atoms with Gasteiger partial charge in [0.25, 0.3) is 0 Å². The minimum Gasteiger partial charge on any atom is -0.379 e. The van der Waals surface area contributed by atoms with Crippen molar-refractivity contribution in [1.82, 2.24) is 10.2 Å². The lowest BCUT2D eigenvalue weighted by Gasteiger charge is -2.37. The zero-order chi connectivity index (χ0) is 11.4. The molecule has 3 nitrogen and oxygen atoms in total. The molecule has 0 bridgehead atoms. The maximum Gasteiger partial charge on any atom is 0.0620 e. The van der Waals surface area contributed by atoms with Crippen LogP contribution < -0.4 is 5.32 Å². The van der Waals surface area contributed by atoms with Gasteiger partial charge in [0.2, 0.25) is 0 Å². The fourth-order valence-corrected chi connectivity index (χ4v) is 2.91. The molecule has 0 amide bonds. The van der Waals surface area contributed by atoms with Gasteiger partial charge in [-0.25, -0.2) is 0 Å². The number of piperidine rings is 1. The van der Waals surface area contributed by atoms with Gasteiger partial charge in [-0.3, -0.25) is 0 Å². The van der Waals surface area contributed by atoms with Crippen molar-refractivity contribution in [2.24, 2.45) is 5.92 Å². The molecule has 3 atom stereocenters. The normalized spacial score (nSPS) is 37.5. The summed E-state index contributed by atoms with van der Waals surface area (Å²) >= 11 is 0. The Labute approximate surface area is 99.5 Å². The number of morpholine rings is 1. The van der Waals surface area contributed by atoms with Crippen molar-refractivity contribution < 1.29 is 4.74 Å². The molecule has 3 heteroatoms. The van der Waals surface area contributed by atoms with Crippen LogP contribution in [0.2, 0.25) is 0 Å². The van der Waals surface area contributed by atoms with Gasteiger partial charge in [-0.2, -0.15) is 0 Å². The molecule has 2 fully saturated rings. The standard InChI is InChI=1S/C13H26N2O/c1-11-3-6-15(12(2)9-11)7-4-13-10-16-8-5-14-13/h11-14H,3-10H2,1-2H3. The summed E-state index contributed by atoms with van der Waals surface area (Å²) in [5.74, 6) is 0.919. The molecule has 0 radical (unpaired) electrons. The van der Waals surface area contributed by atoms with Crippen LogP contribution in [0.3, 0.4) is 0 Å². The Bertz CT molecular complexity index is 204. The molecular formula is C13H26N2O. The van der Waals surface area contributed by atoms with E-state index in [0.717, 1.165) is 31.7 Å². The van der Waals surface area contributed by atoms with Crippen LogP contribution in [0.15, 0.2) is 0 Å². The highest BCUT2D eigenvalue weighted by Gasteiger charge is 2.23. The molecule has 94 valence electrons. The summed E-state index contributed by atoms with van der Waals surface area (Å²) in [5, 5.41) is 3.53. The fraction of sp³-hybridized carbons (Fsp3) is 1.00. The number of rotatable bonds is 3. The average Bonchev–Trinajstić information content (AvgIpc) is 2.29. The molecule has 2 heterocycles. The number of hydrogen-bond donors (Lipinski definition) is 1. The van der Waals surface area contributed by atoms with Crippen molar-refractivity contribution in [2.45, 2.75) is 45.2 Å². The molecule has 2 saturated heterocycles. The summed E-state index contributed by atoms with van der Waals surface area (Å²) in [6, 6.07) is 1.36. The Balaban J connectivity index is 1.68. The Hall–Kier alpha value is -0.120. The number of nitrogens with zero attached hydrogens (tertiary/aromatic N) is 1. The Morgan fingerprint density at radius 1 is 1.38 bits per heavy atom. The SMILES string of the molecule is CC1CCN(CCC2COCCN2)C(C)C1. The van der Waals surface area contributed by atoms with Gasteiger partial charge in [0.15, 0.2) is 0 Å². The Morgan fingerprint density at radius 2 is 2.25 bits per heavy atom. The zero-order valence-electron chi connectivity index (χ0n) is 10.7. The van der Waals surface area contributed by atoms with Gasteiger partial charge in [0.1, 0.15) is 0 Å². The highest BCUT2D eigenvalue weighted by molar-refractivity contribution is 4.79. The summed E-state index contributed by atoms with van der Waals surface area (Å²) in [6.07, 6.45) is 3.98. The van der Waals surface area contributed by atoms with E-state index in [9.17, 15) is 0 Å². The van der Waals surface area contributed by atoms with Crippen molar-refractivity contribution in [3.8, 4) is 0 Å². The van der Waals surface area contributed by atoms with Crippen LogP contribution in [0.4, 0.5) is 0 Å². The van der Waals surface area contributed by atoms with Crippen molar-refractivity contribution in [3.63, 3.8) is 0 Å². The molecule has 3 unspecified atom stereocenters. The minimum absolute atomic E-state index is 0.584. The molecule has 0 aromatic carbocycles. The summed E-state index contributed by atoms with van der Waals surface area (Å²) in [7, 11) is 0. The Morgan fingerprint density at radius 3 is 2.94 bits per heavy atom. The highest BCUT2D eigenvalue weighted by Crippen LogP contribution is 2.22. The lowest BCUT2D eigenvalue weighted by atomic mass is 9.93. The summed E-state index contributed by atoms with van der Waals surface area (Å²) in [6.45, 7) is 10.1. The molecule has 1 N–H and O–H groups in total. The fourth-order valence-electron chi connectivity index (χ4n) is 2.91. The van der Waals surface area contributed by atoms with Crippen LogP contribution in [-0.2, 0) is 4.74 Å². The summed E-state index contributed by atoms with van der Waals surface area (Å²) < 4.78 is 5.48. The van der Waals surface area contributed by atoms with Crippen molar-refractivity contribution in [1.29, 1.82) is 0 Å². The number of likely N-dealkylation sites (tertiary alicyclic amines) is 1. The third kappa shape index (κ3) is 3.44. The van der Waals surface area contributed by atoms with E-state index in [2.05, 4.69) is 24.1 Å². The summed E-state index contributed by atoms with van der Waals surface area (Å²) in [5.41, 5.74) is 0. The topological polar surface area (TPSA) is 24.5 Å². The van der Waals surface area contributed by atoms with Crippen molar-refractivity contribution in [2.75, 3.05) is 32.8 Å². The van der Waals surface area contributed by atoms with Crippen LogP contribution in [0, 0.1) is 5.92 Å². The van der Waals surface area contributed by atoms with Gasteiger partial charge < -0.3 is 15.0 Å². The highest BCUT2D eigenvalue weighted by atomic mass is 16.5. The predicted octanol–water partition coefficient (Wildman–Crippen LogP) is 1.49. The smallest absolute Gasteiger partial charge is 0.0620 e. The van der Waals surface area contributed by atoms with Gasteiger partial charge in [-0.1, -0.05) is 6.92 Å². The van der Waals surface area contributed by atoms with E-state index in [1.807, 2.05) is 0 Å². The lowest BCUT2D eigenvalue weighted by molar-refractivity contribution is 0.0621. The third-order valence-corrected chi connectivity index (χ3v) is 4.04.